The zero-order valence-corrected chi connectivity index (χ0v) is 12.8. The van der Waals surface area contributed by atoms with E-state index < -0.39 is 0 Å². The second-order valence-electron chi connectivity index (χ2n) is 5.08. The molecule has 22 heavy (non-hydrogen) atoms. The van der Waals surface area contributed by atoms with E-state index in [-0.39, 0.29) is 5.91 Å². The van der Waals surface area contributed by atoms with Gasteiger partial charge in [-0.2, -0.15) is 10.1 Å². The first kappa shape index (κ1) is 16.0. The number of ether oxygens (including phenoxy) is 1. The number of amides is 1. The average molecular weight is 302 g/mol. The zero-order valence-electron chi connectivity index (χ0n) is 12.8. The lowest BCUT2D eigenvalue weighted by molar-refractivity contribution is 0.102. The van der Waals surface area contributed by atoms with E-state index >= 15 is 0 Å². The smallest absolute Gasteiger partial charge is 0.258 e. The molecular weight excluding hydrogens is 280 g/mol. The van der Waals surface area contributed by atoms with Crippen LogP contribution in [0.5, 0.6) is 5.75 Å². The molecule has 2 rings (SSSR count). The van der Waals surface area contributed by atoms with Crippen molar-refractivity contribution in [1.29, 1.82) is 0 Å². The van der Waals surface area contributed by atoms with Crippen LogP contribution in [0.3, 0.4) is 0 Å². The predicted octanol–water partition coefficient (Wildman–Crippen LogP) is 3.41. The molecule has 0 aliphatic carbocycles. The van der Waals surface area contributed by atoms with Crippen LogP contribution in [0.2, 0.25) is 0 Å². The quantitative estimate of drug-likeness (QED) is 0.696. The summed E-state index contributed by atoms with van der Waals surface area (Å²) in [5.41, 5.74) is 0.548. The van der Waals surface area contributed by atoms with E-state index in [0.29, 0.717) is 18.1 Å². The van der Waals surface area contributed by atoms with Crippen LogP contribution in [0.15, 0.2) is 30.6 Å². The molecule has 1 amide bonds. The van der Waals surface area contributed by atoms with Crippen LogP contribution in [0.25, 0.3) is 0 Å². The molecule has 0 aliphatic heterocycles. The summed E-state index contributed by atoms with van der Waals surface area (Å²) >= 11 is 0. The van der Waals surface area contributed by atoms with Gasteiger partial charge in [0.25, 0.3) is 5.91 Å². The summed E-state index contributed by atoms with van der Waals surface area (Å²) in [6.07, 6.45) is 7.40. The van der Waals surface area contributed by atoms with Crippen molar-refractivity contribution in [1.82, 2.24) is 15.2 Å². The minimum atomic E-state index is -0.233. The molecule has 0 bridgehead atoms. The number of anilines is 1. The van der Waals surface area contributed by atoms with Crippen LogP contribution in [-0.2, 0) is 0 Å². The van der Waals surface area contributed by atoms with Crippen molar-refractivity contribution in [3.8, 4) is 5.75 Å². The summed E-state index contributed by atoms with van der Waals surface area (Å²) in [5, 5.41) is 8.87. The highest BCUT2D eigenvalue weighted by molar-refractivity contribution is 6.03. The van der Waals surface area contributed by atoms with Crippen molar-refractivity contribution in [3.63, 3.8) is 0 Å². The number of carbonyl (C=O) groups is 1. The molecule has 0 spiro atoms. The highest BCUT2D eigenvalue weighted by atomic mass is 16.5. The summed E-state index contributed by atoms with van der Waals surface area (Å²) in [6, 6.07) is 7.08. The van der Waals surface area contributed by atoms with Gasteiger partial charge in [-0.25, -0.2) is 5.10 Å². The Hall–Kier alpha value is -2.37. The summed E-state index contributed by atoms with van der Waals surface area (Å²) in [4.78, 5) is 15.8. The van der Waals surface area contributed by atoms with Gasteiger partial charge in [0.2, 0.25) is 5.95 Å². The maximum atomic E-state index is 11.9. The number of aromatic amines is 1. The molecule has 0 saturated heterocycles. The minimum Gasteiger partial charge on any atom is -0.494 e. The molecule has 6 nitrogen and oxygen atoms in total. The molecule has 0 saturated carbocycles. The third-order valence-electron chi connectivity index (χ3n) is 3.28. The average Bonchev–Trinajstić information content (AvgIpc) is 3.04. The first-order valence-electron chi connectivity index (χ1n) is 7.69. The predicted molar refractivity (Wildman–Crippen MR) is 85.0 cm³/mol. The van der Waals surface area contributed by atoms with Gasteiger partial charge in [0.15, 0.2) is 0 Å². The van der Waals surface area contributed by atoms with Crippen LogP contribution >= 0.6 is 0 Å². The summed E-state index contributed by atoms with van der Waals surface area (Å²) < 4.78 is 5.67. The number of hydrogen-bond acceptors (Lipinski definition) is 4. The molecule has 0 fully saturated rings. The fourth-order valence-electron chi connectivity index (χ4n) is 2.04. The van der Waals surface area contributed by atoms with E-state index in [0.717, 1.165) is 12.2 Å². The van der Waals surface area contributed by atoms with Gasteiger partial charge in [0.1, 0.15) is 12.1 Å². The monoisotopic (exact) mass is 302 g/mol. The van der Waals surface area contributed by atoms with Gasteiger partial charge in [-0.1, -0.05) is 32.6 Å². The molecule has 0 aliphatic rings. The Labute approximate surface area is 130 Å². The summed E-state index contributed by atoms with van der Waals surface area (Å²) in [7, 11) is 0. The van der Waals surface area contributed by atoms with E-state index in [9.17, 15) is 4.79 Å². The topological polar surface area (TPSA) is 79.9 Å². The molecule has 1 aromatic carbocycles. The number of unbranched alkanes of at least 4 members (excludes halogenated alkanes) is 4. The van der Waals surface area contributed by atoms with Crippen molar-refractivity contribution in [2.45, 2.75) is 39.0 Å². The van der Waals surface area contributed by atoms with Crippen molar-refractivity contribution in [2.24, 2.45) is 0 Å². The summed E-state index contributed by atoms with van der Waals surface area (Å²) in [6.45, 7) is 2.92. The molecule has 0 radical (unpaired) electrons. The van der Waals surface area contributed by atoms with Crippen molar-refractivity contribution in [3.05, 3.63) is 36.2 Å². The Bertz CT molecular complexity index is 552. The second-order valence-corrected chi connectivity index (χ2v) is 5.08. The minimum absolute atomic E-state index is 0.233. The van der Waals surface area contributed by atoms with Crippen LogP contribution < -0.4 is 10.1 Å². The lowest BCUT2D eigenvalue weighted by Crippen LogP contribution is -2.12. The van der Waals surface area contributed by atoms with Gasteiger partial charge in [0, 0.05) is 5.56 Å². The van der Waals surface area contributed by atoms with Crippen LogP contribution in [0.1, 0.15) is 49.4 Å². The van der Waals surface area contributed by atoms with Crippen molar-refractivity contribution >= 4 is 11.9 Å². The molecule has 6 heteroatoms. The van der Waals surface area contributed by atoms with Gasteiger partial charge in [-0.3, -0.25) is 10.1 Å². The molecule has 2 aromatic rings. The Morgan fingerprint density at radius 2 is 1.95 bits per heavy atom. The largest absolute Gasteiger partial charge is 0.494 e. The maximum Gasteiger partial charge on any atom is 0.258 e. The van der Waals surface area contributed by atoms with Gasteiger partial charge < -0.3 is 4.74 Å². The third-order valence-corrected chi connectivity index (χ3v) is 3.28. The molecule has 0 atom stereocenters. The Morgan fingerprint density at radius 1 is 1.18 bits per heavy atom. The normalized spacial score (nSPS) is 10.4. The number of aromatic nitrogens is 3. The van der Waals surface area contributed by atoms with Crippen LogP contribution in [-0.4, -0.2) is 27.7 Å². The number of carbonyl (C=O) groups excluding carboxylic acids is 1. The molecule has 118 valence electrons. The lowest BCUT2D eigenvalue weighted by Gasteiger charge is -2.07. The molecule has 0 unspecified atom stereocenters. The Kier molecular flexibility index (Phi) is 6.41. The highest BCUT2D eigenvalue weighted by Crippen LogP contribution is 2.14. The first-order chi connectivity index (χ1) is 10.8. The van der Waals surface area contributed by atoms with Gasteiger partial charge in [0.05, 0.1) is 6.61 Å². The van der Waals surface area contributed by atoms with E-state index in [1.807, 2.05) is 0 Å². The van der Waals surface area contributed by atoms with E-state index in [1.165, 1.54) is 32.0 Å². The van der Waals surface area contributed by atoms with E-state index in [4.69, 9.17) is 4.74 Å². The third kappa shape index (κ3) is 5.20. The fourth-order valence-corrected chi connectivity index (χ4v) is 2.04. The number of H-pyrrole nitrogens is 1. The SMILES string of the molecule is CCCCCCCOc1ccc(C(=O)Nc2ncn[nH]2)cc1. The summed E-state index contributed by atoms with van der Waals surface area (Å²) in [5.74, 6) is 0.881. The fraction of sp³-hybridized carbons (Fsp3) is 0.438. The maximum absolute atomic E-state index is 11.9. The van der Waals surface area contributed by atoms with Crippen LogP contribution in [0.4, 0.5) is 5.95 Å². The van der Waals surface area contributed by atoms with Crippen LogP contribution in [0, 0.1) is 0 Å². The highest BCUT2D eigenvalue weighted by Gasteiger charge is 2.07. The lowest BCUT2D eigenvalue weighted by atomic mass is 10.2. The number of nitrogens with one attached hydrogen (secondary N) is 2. The van der Waals surface area contributed by atoms with E-state index in [2.05, 4.69) is 27.4 Å². The molecule has 2 N–H and O–H groups in total. The number of rotatable bonds is 9. The van der Waals surface area contributed by atoms with Gasteiger partial charge in [-0.15, -0.1) is 0 Å². The first-order valence-corrected chi connectivity index (χ1v) is 7.69. The van der Waals surface area contributed by atoms with Crippen molar-refractivity contribution < 1.29 is 9.53 Å². The molecule has 1 heterocycles. The number of benzene rings is 1. The second kappa shape index (κ2) is 8.81. The van der Waals surface area contributed by atoms with Crippen molar-refractivity contribution in [2.75, 3.05) is 11.9 Å². The Balaban J connectivity index is 1.74. The van der Waals surface area contributed by atoms with E-state index in [1.54, 1.807) is 24.3 Å². The number of nitrogens with zero attached hydrogens (tertiary/aromatic N) is 2. The van der Waals surface area contributed by atoms with Gasteiger partial charge >= 0.3 is 0 Å². The molecular formula is C16H22N4O2. The zero-order chi connectivity index (χ0) is 15.6. The number of hydrogen-bond donors (Lipinski definition) is 2. The molecule has 1 aromatic heterocycles. The standard InChI is InChI=1S/C16H22N4O2/c1-2-3-4-5-6-11-22-14-9-7-13(8-10-14)15(21)19-16-17-12-18-20-16/h7-10,12H,2-6,11H2,1H3,(H2,17,18,19,20,21). The van der Waals surface area contributed by atoms with Gasteiger partial charge in [-0.05, 0) is 30.7 Å². The Morgan fingerprint density at radius 3 is 2.64 bits per heavy atom.